The van der Waals surface area contributed by atoms with Crippen LogP contribution in [0.1, 0.15) is 25.6 Å². The van der Waals surface area contributed by atoms with E-state index in [1.165, 1.54) is 0 Å². The molecule has 0 radical (unpaired) electrons. The van der Waals surface area contributed by atoms with E-state index in [2.05, 4.69) is 37.7 Å². The van der Waals surface area contributed by atoms with E-state index in [-0.39, 0.29) is 5.91 Å². The first-order chi connectivity index (χ1) is 10.9. The Morgan fingerprint density at radius 1 is 1.35 bits per heavy atom. The van der Waals surface area contributed by atoms with Gasteiger partial charge < -0.3 is 9.80 Å². The summed E-state index contributed by atoms with van der Waals surface area (Å²) in [6.07, 6.45) is 2.00. The zero-order valence-corrected chi connectivity index (χ0v) is 15.8. The third kappa shape index (κ3) is 4.90. The fourth-order valence-corrected chi connectivity index (χ4v) is 3.89. The highest BCUT2D eigenvalue weighted by Gasteiger charge is 2.31. The van der Waals surface area contributed by atoms with Crippen molar-refractivity contribution in [2.45, 2.75) is 32.9 Å². The molecule has 2 heterocycles. The third-order valence-corrected chi connectivity index (χ3v) is 5.25. The second kappa shape index (κ2) is 8.08. The van der Waals surface area contributed by atoms with Crippen molar-refractivity contribution in [3.63, 3.8) is 0 Å². The molecule has 0 aliphatic carbocycles. The zero-order chi connectivity index (χ0) is 17.0. The summed E-state index contributed by atoms with van der Waals surface area (Å²) >= 11 is 1.67. The number of carbonyl (C=O) groups excluding carboxylic acids is 1. The van der Waals surface area contributed by atoms with Crippen LogP contribution in [0, 0.1) is 0 Å². The number of carbonyl (C=O) groups is 1. The normalized spacial score (nSPS) is 23.6. The first-order valence-corrected chi connectivity index (χ1v) is 9.18. The van der Waals surface area contributed by atoms with Crippen LogP contribution in [-0.2, 0) is 4.79 Å². The molecule has 4 nitrogen and oxygen atoms in total. The Kier molecular flexibility index (Phi) is 6.39. The maximum Gasteiger partial charge on any atom is 0.249 e. The summed E-state index contributed by atoms with van der Waals surface area (Å²) in [5, 5.41) is 2.04. The van der Waals surface area contributed by atoms with Crippen LogP contribution in [0.3, 0.4) is 0 Å². The van der Waals surface area contributed by atoms with E-state index in [1.807, 2.05) is 35.4 Å². The van der Waals surface area contributed by atoms with Gasteiger partial charge in [0.05, 0.1) is 0 Å². The van der Waals surface area contributed by atoms with Gasteiger partial charge in [0.2, 0.25) is 5.91 Å². The lowest BCUT2D eigenvalue weighted by Crippen LogP contribution is -2.59. The van der Waals surface area contributed by atoms with Gasteiger partial charge in [-0.2, -0.15) is 0 Å². The molecule has 2 atom stereocenters. The van der Waals surface area contributed by atoms with E-state index in [9.17, 15) is 4.79 Å². The topological polar surface area (TPSA) is 26.8 Å². The van der Waals surface area contributed by atoms with Crippen molar-refractivity contribution in [2.24, 2.45) is 0 Å². The van der Waals surface area contributed by atoms with Gasteiger partial charge in [-0.1, -0.05) is 6.07 Å². The van der Waals surface area contributed by atoms with Crippen LogP contribution in [0.2, 0.25) is 0 Å². The molecule has 1 aliphatic rings. The highest BCUT2D eigenvalue weighted by atomic mass is 32.1. The molecule has 1 aromatic rings. The van der Waals surface area contributed by atoms with Gasteiger partial charge in [0, 0.05) is 48.7 Å². The lowest BCUT2D eigenvalue weighted by molar-refractivity contribution is -0.131. The monoisotopic (exact) mass is 335 g/mol. The number of piperazine rings is 1. The van der Waals surface area contributed by atoms with Gasteiger partial charge in [0.25, 0.3) is 0 Å². The lowest BCUT2D eigenvalue weighted by Gasteiger charge is -2.45. The Bertz CT molecular complexity index is 526. The van der Waals surface area contributed by atoms with Gasteiger partial charge in [0.15, 0.2) is 0 Å². The second-order valence-electron chi connectivity index (χ2n) is 6.79. The quantitative estimate of drug-likeness (QED) is 0.774. The van der Waals surface area contributed by atoms with E-state index in [1.54, 1.807) is 11.3 Å². The zero-order valence-electron chi connectivity index (χ0n) is 15.0. The van der Waals surface area contributed by atoms with Crippen molar-refractivity contribution in [1.82, 2.24) is 14.7 Å². The molecule has 5 heteroatoms. The van der Waals surface area contributed by atoms with Crippen LogP contribution in [0.25, 0.3) is 6.08 Å². The Morgan fingerprint density at radius 2 is 2.00 bits per heavy atom. The Labute approximate surface area is 144 Å². The summed E-state index contributed by atoms with van der Waals surface area (Å²) < 4.78 is 0. The van der Waals surface area contributed by atoms with Gasteiger partial charge in [-0.3, -0.25) is 9.69 Å². The number of nitrogens with zero attached hydrogens (tertiary/aromatic N) is 3. The molecule has 0 N–H and O–H groups in total. The fourth-order valence-electron chi connectivity index (χ4n) is 3.18. The molecule has 1 amide bonds. The van der Waals surface area contributed by atoms with Crippen LogP contribution in [0.5, 0.6) is 0 Å². The van der Waals surface area contributed by atoms with Crippen molar-refractivity contribution < 1.29 is 4.79 Å². The van der Waals surface area contributed by atoms with Crippen molar-refractivity contribution in [3.05, 3.63) is 28.0 Å². The minimum Gasteiger partial charge on any atom is -0.336 e. The average molecular weight is 336 g/mol. The van der Waals surface area contributed by atoms with E-state index < -0.39 is 0 Å². The molecule has 1 fully saturated rings. The SMILES string of the molecule is C/C(=C\c1cccs1)C(=O)N1CC(C)N(CCN(C)C)C(C)C1. The number of amides is 1. The summed E-state index contributed by atoms with van der Waals surface area (Å²) in [5.41, 5.74) is 0.827. The summed E-state index contributed by atoms with van der Waals surface area (Å²) in [6.45, 7) is 10.1. The van der Waals surface area contributed by atoms with Crippen molar-refractivity contribution >= 4 is 23.3 Å². The molecule has 1 saturated heterocycles. The smallest absolute Gasteiger partial charge is 0.249 e. The molecule has 0 aromatic carbocycles. The number of rotatable bonds is 5. The summed E-state index contributed by atoms with van der Waals surface area (Å²) in [6, 6.07) is 4.86. The van der Waals surface area contributed by atoms with Gasteiger partial charge in [-0.25, -0.2) is 0 Å². The second-order valence-corrected chi connectivity index (χ2v) is 7.77. The highest BCUT2D eigenvalue weighted by Crippen LogP contribution is 2.19. The highest BCUT2D eigenvalue weighted by molar-refractivity contribution is 7.10. The van der Waals surface area contributed by atoms with Gasteiger partial charge in [-0.15, -0.1) is 11.3 Å². The van der Waals surface area contributed by atoms with E-state index in [0.29, 0.717) is 12.1 Å². The van der Waals surface area contributed by atoms with Gasteiger partial charge in [0.1, 0.15) is 0 Å². The minimum atomic E-state index is 0.171. The molecule has 0 spiro atoms. The fraction of sp³-hybridized carbons (Fsp3) is 0.611. The van der Waals surface area contributed by atoms with Crippen LogP contribution in [0.15, 0.2) is 23.1 Å². The number of thiophene rings is 1. The van der Waals surface area contributed by atoms with Crippen molar-refractivity contribution in [1.29, 1.82) is 0 Å². The molecule has 2 rings (SSSR count). The number of likely N-dealkylation sites (N-methyl/N-ethyl adjacent to an activating group) is 1. The predicted molar refractivity (Wildman–Crippen MR) is 98.7 cm³/mol. The standard InChI is InChI=1S/C18H29N3OS/c1-14(11-17-7-6-10-23-17)18(22)20-12-15(2)21(16(3)13-20)9-8-19(4)5/h6-7,10-11,15-16H,8-9,12-13H2,1-5H3/b14-11+. The first kappa shape index (κ1) is 18.2. The Morgan fingerprint density at radius 3 is 2.52 bits per heavy atom. The van der Waals surface area contributed by atoms with Crippen LogP contribution in [-0.4, -0.2) is 73.0 Å². The summed E-state index contributed by atoms with van der Waals surface area (Å²) in [5.74, 6) is 0.171. The summed E-state index contributed by atoms with van der Waals surface area (Å²) in [7, 11) is 4.21. The molecule has 1 aromatic heterocycles. The predicted octanol–water partition coefficient (Wildman–Crippen LogP) is 2.63. The number of hydrogen-bond acceptors (Lipinski definition) is 4. The van der Waals surface area contributed by atoms with E-state index in [0.717, 1.165) is 36.6 Å². The Hall–Kier alpha value is -1.17. The molecule has 2 unspecified atom stereocenters. The third-order valence-electron chi connectivity index (χ3n) is 4.43. The van der Waals surface area contributed by atoms with E-state index >= 15 is 0 Å². The molecule has 23 heavy (non-hydrogen) atoms. The van der Waals surface area contributed by atoms with Gasteiger partial charge in [-0.05, 0) is 52.4 Å². The Balaban J connectivity index is 1.98. The van der Waals surface area contributed by atoms with E-state index in [4.69, 9.17) is 0 Å². The summed E-state index contributed by atoms with van der Waals surface area (Å²) in [4.78, 5) is 20.6. The maximum atomic E-state index is 12.7. The van der Waals surface area contributed by atoms with Crippen molar-refractivity contribution in [2.75, 3.05) is 40.3 Å². The number of hydrogen-bond donors (Lipinski definition) is 0. The van der Waals surface area contributed by atoms with Crippen molar-refractivity contribution in [3.8, 4) is 0 Å². The lowest BCUT2D eigenvalue weighted by atomic mass is 10.1. The molecule has 0 saturated carbocycles. The molecule has 128 valence electrons. The molecular weight excluding hydrogens is 306 g/mol. The minimum absolute atomic E-state index is 0.171. The molecule has 1 aliphatic heterocycles. The first-order valence-electron chi connectivity index (χ1n) is 8.30. The average Bonchev–Trinajstić information content (AvgIpc) is 2.97. The molecule has 0 bridgehead atoms. The van der Waals surface area contributed by atoms with Gasteiger partial charge >= 0.3 is 0 Å². The van der Waals surface area contributed by atoms with Crippen LogP contribution >= 0.6 is 11.3 Å². The molecular formula is C18H29N3OS. The maximum absolute atomic E-state index is 12.7. The van der Waals surface area contributed by atoms with Crippen LogP contribution in [0.4, 0.5) is 0 Å². The van der Waals surface area contributed by atoms with Crippen LogP contribution < -0.4 is 0 Å². The largest absolute Gasteiger partial charge is 0.336 e.